The zero-order valence-electron chi connectivity index (χ0n) is 13.0. The molecule has 0 fully saturated rings. The lowest BCUT2D eigenvalue weighted by molar-refractivity contribution is 0.100. The van der Waals surface area contributed by atoms with Gasteiger partial charge in [0.15, 0.2) is 11.2 Å². The van der Waals surface area contributed by atoms with Gasteiger partial charge in [0.05, 0.1) is 6.54 Å². The Morgan fingerprint density at radius 1 is 1.17 bits per heavy atom. The lowest BCUT2D eigenvalue weighted by Gasteiger charge is -2.08. The van der Waals surface area contributed by atoms with E-state index in [9.17, 15) is 14.4 Å². The van der Waals surface area contributed by atoms with Crippen molar-refractivity contribution in [1.29, 1.82) is 0 Å². The number of imidazole rings is 1. The molecule has 0 aliphatic heterocycles. The standard InChI is InChI=1S/C15H14ClN5O3/c1-19-12-10(13(23)20(2)15(19)24)21(14(16)18-12)7-8-3-5-9(6-4-8)11(17)22/h3-6H,7H2,1-2H3,(H2,17,22). The van der Waals surface area contributed by atoms with Crippen molar-refractivity contribution in [2.45, 2.75) is 6.54 Å². The monoisotopic (exact) mass is 347 g/mol. The fraction of sp³-hybridized carbons (Fsp3) is 0.200. The first-order chi connectivity index (χ1) is 11.3. The van der Waals surface area contributed by atoms with Crippen molar-refractivity contribution in [3.63, 3.8) is 0 Å². The van der Waals surface area contributed by atoms with E-state index in [1.165, 1.54) is 23.2 Å². The van der Waals surface area contributed by atoms with Gasteiger partial charge in [-0.2, -0.15) is 4.98 Å². The van der Waals surface area contributed by atoms with Gasteiger partial charge in [-0.1, -0.05) is 12.1 Å². The second-order valence-corrected chi connectivity index (χ2v) is 5.74. The fourth-order valence-electron chi connectivity index (χ4n) is 2.52. The molecule has 0 atom stereocenters. The zero-order chi connectivity index (χ0) is 17.6. The highest BCUT2D eigenvalue weighted by molar-refractivity contribution is 6.29. The average molecular weight is 348 g/mol. The molecule has 3 rings (SSSR count). The SMILES string of the molecule is Cn1c(=O)c2c(nc(Cl)n2Cc2ccc(C(N)=O)cc2)n(C)c1=O. The summed E-state index contributed by atoms with van der Waals surface area (Å²) in [4.78, 5) is 39.7. The molecule has 9 heteroatoms. The van der Waals surface area contributed by atoms with Crippen molar-refractivity contribution in [2.75, 3.05) is 0 Å². The summed E-state index contributed by atoms with van der Waals surface area (Å²) >= 11 is 6.16. The second kappa shape index (κ2) is 5.64. The summed E-state index contributed by atoms with van der Waals surface area (Å²) in [6.07, 6.45) is 0. The number of hydrogen-bond acceptors (Lipinski definition) is 4. The summed E-state index contributed by atoms with van der Waals surface area (Å²) in [5, 5.41) is 0.0993. The summed E-state index contributed by atoms with van der Waals surface area (Å²) in [6.45, 7) is 0.266. The molecule has 8 nitrogen and oxygen atoms in total. The Morgan fingerprint density at radius 2 is 1.79 bits per heavy atom. The van der Waals surface area contributed by atoms with Gasteiger partial charge in [-0.25, -0.2) is 4.79 Å². The van der Waals surface area contributed by atoms with E-state index in [1.54, 1.807) is 24.3 Å². The summed E-state index contributed by atoms with van der Waals surface area (Å²) in [5.74, 6) is -0.517. The summed E-state index contributed by atoms with van der Waals surface area (Å²) in [6, 6.07) is 6.63. The van der Waals surface area contributed by atoms with E-state index >= 15 is 0 Å². The van der Waals surface area contributed by atoms with E-state index in [1.807, 2.05) is 0 Å². The van der Waals surface area contributed by atoms with Gasteiger partial charge in [0.1, 0.15) is 0 Å². The van der Waals surface area contributed by atoms with Gasteiger partial charge in [0, 0.05) is 19.7 Å². The molecule has 1 aromatic carbocycles. The highest BCUT2D eigenvalue weighted by Gasteiger charge is 2.18. The van der Waals surface area contributed by atoms with Crippen LogP contribution in [0.3, 0.4) is 0 Å². The van der Waals surface area contributed by atoms with Crippen LogP contribution in [0.25, 0.3) is 11.2 Å². The van der Waals surface area contributed by atoms with Gasteiger partial charge in [0.25, 0.3) is 5.56 Å². The van der Waals surface area contributed by atoms with Gasteiger partial charge < -0.3 is 10.3 Å². The van der Waals surface area contributed by atoms with Crippen LogP contribution in [-0.2, 0) is 20.6 Å². The molecule has 0 bridgehead atoms. The number of halogens is 1. The highest BCUT2D eigenvalue weighted by Crippen LogP contribution is 2.18. The molecule has 0 aliphatic rings. The van der Waals surface area contributed by atoms with Crippen molar-refractivity contribution in [2.24, 2.45) is 19.8 Å². The molecule has 24 heavy (non-hydrogen) atoms. The van der Waals surface area contributed by atoms with Crippen LogP contribution in [0.4, 0.5) is 0 Å². The molecule has 0 radical (unpaired) electrons. The van der Waals surface area contributed by atoms with Gasteiger partial charge in [-0.3, -0.25) is 18.7 Å². The molecule has 0 saturated carbocycles. The first-order valence-electron chi connectivity index (χ1n) is 7.01. The Kier molecular flexibility index (Phi) is 3.76. The normalized spacial score (nSPS) is 11.1. The zero-order valence-corrected chi connectivity index (χ0v) is 13.7. The third-order valence-electron chi connectivity index (χ3n) is 3.88. The summed E-state index contributed by atoms with van der Waals surface area (Å²) in [7, 11) is 2.93. The minimum atomic E-state index is -0.517. The van der Waals surface area contributed by atoms with Crippen LogP contribution >= 0.6 is 11.6 Å². The van der Waals surface area contributed by atoms with Gasteiger partial charge in [-0.05, 0) is 29.3 Å². The molecule has 0 saturated heterocycles. The number of rotatable bonds is 3. The molecular formula is C15H14ClN5O3. The number of aryl methyl sites for hydroxylation is 1. The fourth-order valence-corrected chi connectivity index (χ4v) is 2.75. The van der Waals surface area contributed by atoms with Gasteiger partial charge in [0.2, 0.25) is 11.2 Å². The highest BCUT2D eigenvalue weighted by atomic mass is 35.5. The van der Waals surface area contributed by atoms with E-state index in [4.69, 9.17) is 17.3 Å². The number of primary amides is 1. The quantitative estimate of drug-likeness (QED) is 0.685. The molecule has 2 N–H and O–H groups in total. The van der Waals surface area contributed by atoms with Crippen molar-refractivity contribution < 1.29 is 4.79 Å². The largest absolute Gasteiger partial charge is 0.366 e. The van der Waals surface area contributed by atoms with Crippen LogP contribution in [0.5, 0.6) is 0 Å². The first kappa shape index (κ1) is 16.0. The van der Waals surface area contributed by atoms with E-state index < -0.39 is 17.2 Å². The average Bonchev–Trinajstić information content (AvgIpc) is 2.88. The Morgan fingerprint density at radius 3 is 2.38 bits per heavy atom. The van der Waals surface area contributed by atoms with Gasteiger partial charge in [-0.15, -0.1) is 0 Å². The lowest BCUT2D eigenvalue weighted by atomic mass is 10.1. The van der Waals surface area contributed by atoms with E-state index in [0.717, 1.165) is 10.1 Å². The maximum Gasteiger partial charge on any atom is 0.332 e. The predicted molar refractivity (Wildman–Crippen MR) is 89.3 cm³/mol. The van der Waals surface area contributed by atoms with Crippen LogP contribution in [0.15, 0.2) is 33.9 Å². The third kappa shape index (κ3) is 2.41. The number of amides is 1. The van der Waals surface area contributed by atoms with E-state index in [2.05, 4.69) is 4.98 Å². The molecule has 2 aromatic heterocycles. The van der Waals surface area contributed by atoms with Crippen LogP contribution in [0, 0.1) is 0 Å². The molecule has 124 valence electrons. The van der Waals surface area contributed by atoms with Gasteiger partial charge >= 0.3 is 5.69 Å². The predicted octanol–water partition coefficient (Wildman–Crippen LogP) is 0.234. The Bertz CT molecular complexity index is 1080. The number of carbonyl (C=O) groups is 1. The number of aromatic nitrogens is 4. The van der Waals surface area contributed by atoms with Crippen molar-refractivity contribution in [3.05, 3.63) is 61.5 Å². The molecule has 2 heterocycles. The second-order valence-electron chi connectivity index (χ2n) is 5.41. The number of hydrogen-bond donors (Lipinski definition) is 1. The van der Waals surface area contributed by atoms with Crippen LogP contribution in [-0.4, -0.2) is 24.6 Å². The molecule has 3 aromatic rings. The van der Waals surface area contributed by atoms with E-state index in [-0.39, 0.29) is 23.0 Å². The molecule has 0 unspecified atom stereocenters. The van der Waals surface area contributed by atoms with Crippen LogP contribution in [0.1, 0.15) is 15.9 Å². The Hall–Kier alpha value is -2.87. The Labute approximate surface area is 140 Å². The maximum atomic E-state index is 12.4. The third-order valence-corrected chi connectivity index (χ3v) is 4.17. The topological polar surface area (TPSA) is 105 Å². The number of fused-ring (bicyclic) bond motifs is 1. The lowest BCUT2D eigenvalue weighted by Crippen LogP contribution is -2.37. The summed E-state index contributed by atoms with van der Waals surface area (Å²) in [5.41, 5.74) is 5.92. The molecule has 1 amide bonds. The maximum absolute atomic E-state index is 12.4. The molecule has 0 aliphatic carbocycles. The Balaban J connectivity index is 2.17. The molecule has 0 spiro atoms. The minimum Gasteiger partial charge on any atom is -0.366 e. The smallest absolute Gasteiger partial charge is 0.332 e. The van der Waals surface area contributed by atoms with Crippen molar-refractivity contribution in [3.8, 4) is 0 Å². The number of nitrogens with two attached hydrogens (primary N) is 1. The first-order valence-corrected chi connectivity index (χ1v) is 7.39. The number of nitrogens with zero attached hydrogens (tertiary/aromatic N) is 4. The minimum absolute atomic E-state index is 0.0993. The number of carbonyl (C=O) groups excluding carboxylic acids is 1. The van der Waals surface area contributed by atoms with Crippen molar-refractivity contribution >= 4 is 28.7 Å². The number of benzene rings is 1. The molecular weight excluding hydrogens is 334 g/mol. The van der Waals surface area contributed by atoms with Crippen LogP contribution in [0.2, 0.25) is 5.28 Å². The summed E-state index contributed by atoms with van der Waals surface area (Å²) < 4.78 is 3.81. The van der Waals surface area contributed by atoms with Crippen LogP contribution < -0.4 is 17.0 Å². The van der Waals surface area contributed by atoms with Crippen molar-refractivity contribution in [1.82, 2.24) is 18.7 Å². The van der Waals surface area contributed by atoms with E-state index in [0.29, 0.717) is 5.56 Å².